The Morgan fingerprint density at radius 2 is 1.92 bits per heavy atom. The number of rotatable bonds is 7. The Balaban J connectivity index is 3.12. The molecule has 0 heterocycles. The largest absolute Gasteiger partial charge is 0.316 e. The zero-order valence-electron chi connectivity index (χ0n) is 9.14. The molecule has 0 bridgehead atoms. The summed E-state index contributed by atoms with van der Waals surface area (Å²) in [5, 5.41) is 11.7. The van der Waals surface area contributed by atoms with E-state index < -0.39 is 0 Å². The van der Waals surface area contributed by atoms with Crippen LogP contribution < -0.4 is 5.32 Å². The number of hydrogen-bond donors (Lipinski definition) is 1. The van der Waals surface area contributed by atoms with Crippen molar-refractivity contribution in [3.63, 3.8) is 0 Å². The topological polar surface area (TPSA) is 35.8 Å². The maximum atomic E-state index is 8.31. The molecular weight excluding hydrogens is 160 g/mol. The lowest BCUT2D eigenvalue weighted by molar-refractivity contribution is 0.391. The Morgan fingerprint density at radius 1 is 1.23 bits per heavy atom. The van der Waals surface area contributed by atoms with Crippen LogP contribution in [-0.2, 0) is 0 Å². The highest BCUT2D eigenvalue weighted by Gasteiger charge is 2.04. The number of hydrogen-bond acceptors (Lipinski definition) is 2. The molecule has 2 heteroatoms. The third kappa shape index (κ3) is 7.80. The van der Waals surface area contributed by atoms with Crippen LogP contribution in [0.3, 0.4) is 0 Å². The van der Waals surface area contributed by atoms with Gasteiger partial charge in [-0.25, -0.2) is 0 Å². The molecule has 2 nitrogen and oxygen atoms in total. The Bertz CT molecular complexity index is 147. The molecule has 0 radical (unpaired) electrons. The predicted octanol–water partition coefficient (Wildman–Crippen LogP) is 2.56. The Morgan fingerprint density at radius 3 is 2.46 bits per heavy atom. The summed E-state index contributed by atoms with van der Waals surface area (Å²) in [4.78, 5) is 0. The van der Waals surface area contributed by atoms with E-state index in [0.717, 1.165) is 37.8 Å². The van der Waals surface area contributed by atoms with Gasteiger partial charge in [-0.3, -0.25) is 0 Å². The molecule has 0 aliphatic heterocycles. The summed E-state index contributed by atoms with van der Waals surface area (Å²) in [6, 6.07) is 2.16. The molecule has 0 aromatic heterocycles. The second-order valence-corrected chi connectivity index (χ2v) is 4.04. The second-order valence-electron chi connectivity index (χ2n) is 4.04. The first-order chi connectivity index (χ1) is 6.18. The molecular formula is C11H22N2. The molecule has 0 amide bonds. The fourth-order valence-corrected chi connectivity index (χ4v) is 1.02. The van der Waals surface area contributed by atoms with Crippen LogP contribution in [0.1, 0.15) is 40.0 Å². The average Bonchev–Trinajstić information content (AvgIpc) is 2.10. The van der Waals surface area contributed by atoms with Crippen molar-refractivity contribution in [3.05, 3.63) is 0 Å². The Labute approximate surface area is 82.3 Å². The van der Waals surface area contributed by atoms with Gasteiger partial charge in [-0.15, -0.1) is 0 Å². The molecule has 0 saturated carbocycles. The fraction of sp³-hybridized carbons (Fsp3) is 0.909. The maximum Gasteiger partial charge on any atom is 0.0621 e. The van der Waals surface area contributed by atoms with Gasteiger partial charge in [0, 0.05) is 6.42 Å². The van der Waals surface area contributed by atoms with Gasteiger partial charge in [-0.1, -0.05) is 20.8 Å². The van der Waals surface area contributed by atoms with E-state index in [9.17, 15) is 0 Å². The van der Waals surface area contributed by atoms with Crippen LogP contribution in [0.25, 0.3) is 0 Å². The van der Waals surface area contributed by atoms with Gasteiger partial charge in [0.2, 0.25) is 0 Å². The van der Waals surface area contributed by atoms with Gasteiger partial charge in [0.1, 0.15) is 0 Å². The lowest BCUT2D eigenvalue weighted by atomic mass is 9.98. The molecule has 0 aliphatic rings. The van der Waals surface area contributed by atoms with E-state index in [4.69, 9.17) is 5.26 Å². The van der Waals surface area contributed by atoms with Crippen LogP contribution >= 0.6 is 0 Å². The summed E-state index contributed by atoms with van der Waals surface area (Å²) in [5.41, 5.74) is 0. The standard InChI is InChI=1S/C11H22N2/c1-10(2)11(3)9-13-8-6-4-5-7-12/h10-11,13H,4-6,8-9H2,1-3H3. The quantitative estimate of drug-likeness (QED) is 0.614. The highest BCUT2D eigenvalue weighted by molar-refractivity contribution is 4.68. The zero-order valence-corrected chi connectivity index (χ0v) is 9.14. The normalized spacial score (nSPS) is 12.8. The lowest BCUT2D eigenvalue weighted by Crippen LogP contribution is -2.24. The van der Waals surface area contributed by atoms with E-state index in [0.29, 0.717) is 6.42 Å². The number of nitrogens with one attached hydrogen (secondary N) is 1. The highest BCUT2D eigenvalue weighted by atomic mass is 14.8. The minimum absolute atomic E-state index is 0.696. The lowest BCUT2D eigenvalue weighted by Gasteiger charge is -2.15. The molecule has 0 spiro atoms. The monoisotopic (exact) mass is 182 g/mol. The molecule has 0 fully saturated rings. The minimum Gasteiger partial charge on any atom is -0.316 e. The number of nitriles is 1. The van der Waals surface area contributed by atoms with E-state index in [1.165, 1.54) is 0 Å². The molecule has 0 saturated heterocycles. The molecule has 1 atom stereocenters. The average molecular weight is 182 g/mol. The summed E-state index contributed by atoms with van der Waals surface area (Å²) in [6.45, 7) is 8.93. The van der Waals surface area contributed by atoms with Crippen molar-refractivity contribution < 1.29 is 0 Å². The summed E-state index contributed by atoms with van der Waals surface area (Å²) >= 11 is 0. The van der Waals surface area contributed by atoms with Crippen molar-refractivity contribution in [3.8, 4) is 6.07 Å². The van der Waals surface area contributed by atoms with Crippen molar-refractivity contribution in [1.29, 1.82) is 5.26 Å². The van der Waals surface area contributed by atoms with Crippen LogP contribution in [0.4, 0.5) is 0 Å². The Hall–Kier alpha value is -0.550. The summed E-state index contributed by atoms with van der Waals surface area (Å²) in [5.74, 6) is 1.50. The van der Waals surface area contributed by atoms with Crippen LogP contribution in [0.2, 0.25) is 0 Å². The summed E-state index contributed by atoms with van der Waals surface area (Å²) in [7, 11) is 0. The molecule has 13 heavy (non-hydrogen) atoms. The molecule has 0 aliphatic carbocycles. The van der Waals surface area contributed by atoms with Crippen molar-refractivity contribution >= 4 is 0 Å². The van der Waals surface area contributed by atoms with Gasteiger partial charge in [-0.05, 0) is 37.8 Å². The number of unbranched alkanes of at least 4 members (excludes halogenated alkanes) is 2. The van der Waals surface area contributed by atoms with Crippen LogP contribution in [-0.4, -0.2) is 13.1 Å². The molecule has 0 aromatic rings. The molecule has 0 rings (SSSR count). The molecule has 0 aromatic carbocycles. The summed E-state index contributed by atoms with van der Waals surface area (Å²) < 4.78 is 0. The fourth-order valence-electron chi connectivity index (χ4n) is 1.02. The van der Waals surface area contributed by atoms with Gasteiger partial charge >= 0.3 is 0 Å². The molecule has 76 valence electrons. The van der Waals surface area contributed by atoms with E-state index in [2.05, 4.69) is 32.2 Å². The van der Waals surface area contributed by atoms with Gasteiger partial charge in [0.05, 0.1) is 6.07 Å². The predicted molar refractivity (Wildman–Crippen MR) is 56.3 cm³/mol. The molecule has 1 N–H and O–H groups in total. The third-order valence-electron chi connectivity index (χ3n) is 2.50. The van der Waals surface area contributed by atoms with E-state index in [1.807, 2.05) is 0 Å². The first-order valence-corrected chi connectivity index (χ1v) is 5.26. The van der Waals surface area contributed by atoms with Crippen molar-refractivity contribution in [1.82, 2.24) is 5.32 Å². The highest BCUT2D eigenvalue weighted by Crippen LogP contribution is 2.07. The third-order valence-corrected chi connectivity index (χ3v) is 2.50. The first-order valence-electron chi connectivity index (χ1n) is 5.26. The second kappa shape index (κ2) is 8.07. The van der Waals surface area contributed by atoms with Crippen molar-refractivity contribution in [2.24, 2.45) is 11.8 Å². The van der Waals surface area contributed by atoms with Gasteiger partial charge in [0.15, 0.2) is 0 Å². The van der Waals surface area contributed by atoms with Crippen LogP contribution in [0.15, 0.2) is 0 Å². The van der Waals surface area contributed by atoms with E-state index in [-0.39, 0.29) is 0 Å². The maximum absolute atomic E-state index is 8.31. The van der Waals surface area contributed by atoms with Gasteiger partial charge in [-0.2, -0.15) is 5.26 Å². The minimum atomic E-state index is 0.696. The van der Waals surface area contributed by atoms with Crippen LogP contribution in [0.5, 0.6) is 0 Å². The molecule has 1 unspecified atom stereocenters. The van der Waals surface area contributed by atoms with Gasteiger partial charge < -0.3 is 5.32 Å². The van der Waals surface area contributed by atoms with Crippen molar-refractivity contribution in [2.45, 2.75) is 40.0 Å². The Kier molecular flexibility index (Phi) is 7.73. The van der Waals surface area contributed by atoms with Crippen molar-refractivity contribution in [2.75, 3.05) is 13.1 Å². The zero-order chi connectivity index (χ0) is 10.1. The first kappa shape index (κ1) is 12.4. The summed E-state index contributed by atoms with van der Waals surface area (Å²) in [6.07, 6.45) is 2.85. The van der Waals surface area contributed by atoms with Gasteiger partial charge in [0.25, 0.3) is 0 Å². The van der Waals surface area contributed by atoms with Crippen LogP contribution in [0, 0.1) is 23.2 Å². The number of nitrogens with zero attached hydrogens (tertiary/aromatic N) is 1. The van der Waals surface area contributed by atoms with E-state index in [1.54, 1.807) is 0 Å². The van der Waals surface area contributed by atoms with E-state index >= 15 is 0 Å². The smallest absolute Gasteiger partial charge is 0.0621 e. The SMILES string of the molecule is CC(C)C(C)CNCCCCC#N.